The van der Waals surface area contributed by atoms with Crippen LogP contribution in [0.4, 0.5) is 0 Å². The van der Waals surface area contributed by atoms with Crippen LogP contribution in [0, 0.1) is 6.92 Å². The van der Waals surface area contributed by atoms with Crippen LogP contribution in [0.1, 0.15) is 28.3 Å². The molecule has 0 spiro atoms. The molecular weight excluding hydrogens is 348 g/mol. The number of halogens is 1. The normalized spacial score (nSPS) is 16.5. The first kappa shape index (κ1) is 19.0. The second kappa shape index (κ2) is 8.30. The minimum absolute atomic E-state index is 0.0719. The number of aryl methyl sites for hydroxylation is 1. The van der Waals surface area contributed by atoms with Crippen LogP contribution < -0.4 is 14.8 Å². The van der Waals surface area contributed by atoms with Gasteiger partial charge in [-0.05, 0) is 68.4 Å². The molecule has 2 aromatic rings. The molecule has 0 fully saturated rings. The van der Waals surface area contributed by atoms with Crippen molar-refractivity contribution in [2.24, 2.45) is 0 Å². The van der Waals surface area contributed by atoms with E-state index in [1.165, 1.54) is 11.1 Å². The van der Waals surface area contributed by atoms with Crippen molar-refractivity contribution in [2.75, 3.05) is 40.9 Å². The van der Waals surface area contributed by atoms with Crippen molar-refractivity contribution in [3.63, 3.8) is 0 Å². The van der Waals surface area contributed by atoms with Crippen LogP contribution in [0.15, 0.2) is 30.3 Å². The van der Waals surface area contributed by atoms with Gasteiger partial charge in [0, 0.05) is 23.7 Å². The topological polar surface area (TPSA) is 33.7 Å². The molecule has 0 saturated heterocycles. The SMILES string of the molecule is COc1cc(C)c(Cl)cc1C1NCCc2cc(OCCN(C)C)ccc21. The Morgan fingerprint density at radius 2 is 2.00 bits per heavy atom. The van der Waals surface area contributed by atoms with Crippen LogP contribution in [0.3, 0.4) is 0 Å². The number of benzene rings is 2. The molecular formula is C21H27ClN2O2. The summed E-state index contributed by atoms with van der Waals surface area (Å²) < 4.78 is 11.5. The molecule has 0 bridgehead atoms. The Kier molecular flexibility index (Phi) is 6.07. The van der Waals surface area contributed by atoms with E-state index in [4.69, 9.17) is 21.1 Å². The Morgan fingerprint density at radius 1 is 1.19 bits per heavy atom. The minimum Gasteiger partial charge on any atom is -0.496 e. The first-order valence-corrected chi connectivity index (χ1v) is 9.35. The average Bonchev–Trinajstić information content (AvgIpc) is 2.62. The maximum Gasteiger partial charge on any atom is 0.124 e. The summed E-state index contributed by atoms with van der Waals surface area (Å²) >= 11 is 6.39. The van der Waals surface area contributed by atoms with Gasteiger partial charge in [0.2, 0.25) is 0 Å². The van der Waals surface area contributed by atoms with Gasteiger partial charge in [-0.1, -0.05) is 17.7 Å². The fraction of sp³-hybridized carbons (Fsp3) is 0.429. The quantitative estimate of drug-likeness (QED) is 0.833. The standard InChI is InChI=1S/C21H27ClN2O2/c1-14-11-20(25-4)18(13-19(14)22)21-17-6-5-16(26-10-9-24(2)3)12-15(17)7-8-23-21/h5-6,11-13,21,23H,7-10H2,1-4H3. The summed E-state index contributed by atoms with van der Waals surface area (Å²) in [6.45, 7) is 4.50. The summed E-state index contributed by atoms with van der Waals surface area (Å²) in [5.41, 5.74) is 4.67. The fourth-order valence-corrected chi connectivity index (χ4v) is 3.50. The molecule has 1 atom stereocenters. The predicted octanol–water partition coefficient (Wildman–Crippen LogP) is 3.83. The zero-order valence-electron chi connectivity index (χ0n) is 15.9. The van der Waals surface area contributed by atoms with E-state index in [0.29, 0.717) is 6.61 Å². The molecule has 1 heterocycles. The van der Waals surface area contributed by atoms with Gasteiger partial charge in [-0.3, -0.25) is 0 Å². The molecule has 1 aliphatic heterocycles. The lowest BCUT2D eigenvalue weighted by Crippen LogP contribution is -2.31. The van der Waals surface area contributed by atoms with E-state index in [1.807, 2.05) is 33.2 Å². The van der Waals surface area contributed by atoms with Crippen LogP contribution in [-0.4, -0.2) is 45.8 Å². The van der Waals surface area contributed by atoms with E-state index in [1.54, 1.807) is 7.11 Å². The summed E-state index contributed by atoms with van der Waals surface area (Å²) in [6, 6.07) is 10.5. The van der Waals surface area contributed by atoms with Crippen molar-refractivity contribution < 1.29 is 9.47 Å². The van der Waals surface area contributed by atoms with E-state index in [0.717, 1.165) is 47.2 Å². The second-order valence-corrected chi connectivity index (χ2v) is 7.40. The smallest absolute Gasteiger partial charge is 0.124 e. The van der Waals surface area contributed by atoms with Gasteiger partial charge in [-0.2, -0.15) is 0 Å². The maximum atomic E-state index is 6.39. The number of nitrogens with one attached hydrogen (secondary N) is 1. The van der Waals surface area contributed by atoms with Gasteiger partial charge >= 0.3 is 0 Å². The summed E-state index contributed by atoms with van der Waals surface area (Å²) in [7, 11) is 5.80. The van der Waals surface area contributed by atoms with Crippen molar-refractivity contribution in [1.29, 1.82) is 0 Å². The third kappa shape index (κ3) is 4.14. The van der Waals surface area contributed by atoms with Gasteiger partial charge < -0.3 is 19.7 Å². The molecule has 1 N–H and O–H groups in total. The van der Waals surface area contributed by atoms with Crippen LogP contribution in [-0.2, 0) is 6.42 Å². The molecule has 1 unspecified atom stereocenters. The van der Waals surface area contributed by atoms with Crippen molar-refractivity contribution in [3.05, 3.63) is 57.6 Å². The van der Waals surface area contributed by atoms with Gasteiger partial charge in [-0.15, -0.1) is 0 Å². The van der Waals surface area contributed by atoms with Crippen molar-refractivity contribution in [1.82, 2.24) is 10.2 Å². The highest BCUT2D eigenvalue weighted by molar-refractivity contribution is 6.31. The zero-order valence-corrected chi connectivity index (χ0v) is 16.7. The predicted molar refractivity (Wildman–Crippen MR) is 107 cm³/mol. The molecule has 26 heavy (non-hydrogen) atoms. The molecule has 3 rings (SSSR count). The van der Waals surface area contributed by atoms with E-state index >= 15 is 0 Å². The van der Waals surface area contributed by atoms with Crippen LogP contribution >= 0.6 is 11.6 Å². The minimum atomic E-state index is 0.0719. The number of likely N-dealkylation sites (N-methyl/N-ethyl adjacent to an activating group) is 1. The van der Waals surface area contributed by atoms with E-state index in [-0.39, 0.29) is 6.04 Å². The molecule has 0 radical (unpaired) electrons. The van der Waals surface area contributed by atoms with Crippen molar-refractivity contribution in [3.8, 4) is 11.5 Å². The summed E-state index contributed by atoms with van der Waals surface area (Å²) in [5.74, 6) is 1.80. The molecule has 0 aliphatic carbocycles. The van der Waals surface area contributed by atoms with E-state index in [9.17, 15) is 0 Å². The highest BCUT2D eigenvalue weighted by Gasteiger charge is 2.25. The third-order valence-corrected chi connectivity index (χ3v) is 5.20. The molecule has 140 valence electrons. The van der Waals surface area contributed by atoms with Crippen molar-refractivity contribution in [2.45, 2.75) is 19.4 Å². The number of hydrogen-bond donors (Lipinski definition) is 1. The Morgan fingerprint density at radius 3 is 2.73 bits per heavy atom. The Balaban J connectivity index is 1.89. The maximum absolute atomic E-state index is 6.39. The third-order valence-electron chi connectivity index (χ3n) is 4.80. The number of fused-ring (bicyclic) bond motifs is 1. The molecule has 1 aliphatic rings. The lowest BCUT2D eigenvalue weighted by atomic mass is 9.89. The largest absolute Gasteiger partial charge is 0.496 e. The highest BCUT2D eigenvalue weighted by Crippen LogP contribution is 2.37. The summed E-state index contributed by atoms with van der Waals surface area (Å²) in [4.78, 5) is 2.12. The molecule has 0 amide bonds. The number of ether oxygens (including phenoxy) is 2. The lowest BCUT2D eigenvalue weighted by molar-refractivity contribution is 0.261. The monoisotopic (exact) mass is 374 g/mol. The van der Waals surface area contributed by atoms with Crippen LogP contribution in [0.25, 0.3) is 0 Å². The van der Waals surface area contributed by atoms with Gasteiger partial charge in [0.05, 0.1) is 13.2 Å². The Labute approximate surface area is 161 Å². The number of hydrogen-bond acceptors (Lipinski definition) is 4. The molecule has 0 aromatic heterocycles. The summed E-state index contributed by atoms with van der Waals surface area (Å²) in [6.07, 6.45) is 0.985. The average molecular weight is 375 g/mol. The Bertz CT molecular complexity index is 777. The van der Waals surface area contributed by atoms with E-state index in [2.05, 4.69) is 28.4 Å². The van der Waals surface area contributed by atoms with Gasteiger partial charge in [0.25, 0.3) is 0 Å². The van der Waals surface area contributed by atoms with Gasteiger partial charge in [0.15, 0.2) is 0 Å². The second-order valence-electron chi connectivity index (χ2n) is 6.99. The number of methoxy groups -OCH3 is 1. The summed E-state index contributed by atoms with van der Waals surface area (Å²) in [5, 5.41) is 4.37. The first-order valence-electron chi connectivity index (χ1n) is 8.97. The first-order chi connectivity index (χ1) is 12.5. The van der Waals surface area contributed by atoms with Gasteiger partial charge in [-0.25, -0.2) is 0 Å². The van der Waals surface area contributed by atoms with Gasteiger partial charge in [0.1, 0.15) is 18.1 Å². The zero-order chi connectivity index (χ0) is 18.7. The molecule has 2 aromatic carbocycles. The van der Waals surface area contributed by atoms with Crippen LogP contribution in [0.2, 0.25) is 5.02 Å². The number of nitrogens with zero attached hydrogens (tertiary/aromatic N) is 1. The van der Waals surface area contributed by atoms with Crippen molar-refractivity contribution >= 4 is 11.6 Å². The van der Waals surface area contributed by atoms with E-state index < -0.39 is 0 Å². The lowest BCUT2D eigenvalue weighted by Gasteiger charge is -2.29. The molecule has 5 heteroatoms. The van der Waals surface area contributed by atoms with Crippen LogP contribution in [0.5, 0.6) is 11.5 Å². The molecule has 0 saturated carbocycles. The Hall–Kier alpha value is -1.75. The molecule has 4 nitrogen and oxygen atoms in total. The highest BCUT2D eigenvalue weighted by atomic mass is 35.5. The fourth-order valence-electron chi connectivity index (χ4n) is 3.33. The number of rotatable bonds is 6.